The number of likely N-dealkylation sites (tertiary alicyclic amines) is 1. The molecule has 126 valence electrons. The Bertz CT molecular complexity index is 584. The molecule has 0 saturated carbocycles. The summed E-state index contributed by atoms with van der Waals surface area (Å²) in [6.07, 6.45) is 0. The van der Waals surface area contributed by atoms with E-state index in [-0.39, 0.29) is 17.6 Å². The molecule has 6 nitrogen and oxygen atoms in total. The lowest BCUT2D eigenvalue weighted by Gasteiger charge is -2.55. The molecule has 0 aliphatic carbocycles. The lowest BCUT2D eigenvalue weighted by molar-refractivity contribution is -0.201. The number of morpholine rings is 1. The maximum Gasteiger partial charge on any atom is 0.241 e. The van der Waals surface area contributed by atoms with Crippen LogP contribution in [0.25, 0.3) is 0 Å². The summed E-state index contributed by atoms with van der Waals surface area (Å²) in [6, 6.07) is 5.97. The summed E-state index contributed by atoms with van der Waals surface area (Å²) in [5.41, 5.74) is 2.03. The van der Waals surface area contributed by atoms with Crippen molar-refractivity contribution in [1.29, 1.82) is 0 Å². The van der Waals surface area contributed by atoms with Crippen molar-refractivity contribution < 1.29 is 9.53 Å². The largest absolute Gasteiger partial charge is 0.369 e. The molecule has 2 saturated heterocycles. The van der Waals surface area contributed by atoms with Gasteiger partial charge in [-0.25, -0.2) is 0 Å². The quantitative estimate of drug-likeness (QED) is 0.806. The third-order valence-electron chi connectivity index (χ3n) is 4.70. The van der Waals surface area contributed by atoms with Crippen LogP contribution < -0.4 is 0 Å². The van der Waals surface area contributed by atoms with E-state index in [0.717, 1.165) is 37.6 Å². The van der Waals surface area contributed by atoms with Gasteiger partial charge in [0, 0.05) is 46.0 Å². The molecule has 1 aromatic heterocycles. The zero-order valence-corrected chi connectivity index (χ0v) is 14.5. The fourth-order valence-corrected chi connectivity index (χ4v) is 3.54. The fourth-order valence-electron chi connectivity index (χ4n) is 3.54. The van der Waals surface area contributed by atoms with E-state index >= 15 is 0 Å². The number of ether oxygens (including phenoxy) is 1. The van der Waals surface area contributed by atoms with E-state index < -0.39 is 0 Å². The number of likely N-dealkylation sites (N-methyl/N-ethyl adjacent to an activating group) is 2. The molecule has 0 N–H and O–H groups in total. The fraction of sp³-hybridized carbons (Fsp3) is 0.647. The van der Waals surface area contributed by atoms with Crippen molar-refractivity contribution in [3.05, 3.63) is 29.6 Å². The summed E-state index contributed by atoms with van der Waals surface area (Å²) >= 11 is 0. The molecule has 23 heavy (non-hydrogen) atoms. The second-order valence-electron chi connectivity index (χ2n) is 7.07. The molecule has 2 aliphatic rings. The third-order valence-corrected chi connectivity index (χ3v) is 4.70. The summed E-state index contributed by atoms with van der Waals surface area (Å²) in [7, 11) is 5.60. The highest BCUT2D eigenvalue weighted by atomic mass is 16.5. The molecule has 0 unspecified atom stereocenters. The molecular weight excluding hydrogens is 292 g/mol. The molecular formula is C17H26N4O2. The van der Waals surface area contributed by atoms with Crippen molar-refractivity contribution in [3.8, 4) is 0 Å². The van der Waals surface area contributed by atoms with Crippen LogP contribution >= 0.6 is 0 Å². The summed E-state index contributed by atoms with van der Waals surface area (Å²) in [5.74, 6) is 0.113. The van der Waals surface area contributed by atoms with Crippen LogP contribution in [0.2, 0.25) is 0 Å². The van der Waals surface area contributed by atoms with Crippen LogP contribution in [0.4, 0.5) is 0 Å². The van der Waals surface area contributed by atoms with E-state index in [1.807, 2.05) is 20.0 Å². The lowest BCUT2D eigenvalue weighted by Crippen LogP contribution is -2.72. The molecule has 1 amide bonds. The first-order valence-electron chi connectivity index (χ1n) is 8.09. The predicted octanol–water partition coefficient (Wildman–Crippen LogP) is 0.363. The van der Waals surface area contributed by atoms with Crippen molar-refractivity contribution in [2.24, 2.45) is 0 Å². The molecule has 1 spiro atoms. The Labute approximate surface area is 138 Å². The number of amides is 1. The van der Waals surface area contributed by atoms with Gasteiger partial charge in [0.05, 0.1) is 12.3 Å². The first-order valence-corrected chi connectivity index (χ1v) is 8.09. The van der Waals surface area contributed by atoms with E-state index in [4.69, 9.17) is 4.74 Å². The van der Waals surface area contributed by atoms with Crippen molar-refractivity contribution >= 4 is 5.91 Å². The Hall–Kier alpha value is -1.50. The topological polar surface area (TPSA) is 48.9 Å². The average molecular weight is 318 g/mol. The summed E-state index contributed by atoms with van der Waals surface area (Å²) < 4.78 is 6.10. The first-order chi connectivity index (χ1) is 10.9. The van der Waals surface area contributed by atoms with Crippen LogP contribution in [0.3, 0.4) is 0 Å². The van der Waals surface area contributed by atoms with Gasteiger partial charge >= 0.3 is 0 Å². The van der Waals surface area contributed by atoms with E-state index in [0.29, 0.717) is 6.61 Å². The Morgan fingerprint density at radius 2 is 2.13 bits per heavy atom. The predicted molar refractivity (Wildman–Crippen MR) is 88.0 cm³/mol. The minimum atomic E-state index is -0.164. The number of hydrogen-bond donors (Lipinski definition) is 0. The zero-order chi connectivity index (χ0) is 16.6. The minimum Gasteiger partial charge on any atom is -0.369 e. The number of rotatable bonds is 3. The van der Waals surface area contributed by atoms with Gasteiger partial charge in [0.25, 0.3) is 0 Å². The van der Waals surface area contributed by atoms with Crippen molar-refractivity contribution in [2.75, 3.05) is 47.4 Å². The van der Waals surface area contributed by atoms with Crippen LogP contribution in [0, 0.1) is 6.92 Å². The molecule has 6 heteroatoms. The highest BCUT2D eigenvalue weighted by Gasteiger charge is 2.49. The monoisotopic (exact) mass is 318 g/mol. The highest BCUT2D eigenvalue weighted by Crippen LogP contribution is 2.31. The van der Waals surface area contributed by atoms with Gasteiger partial charge < -0.3 is 9.64 Å². The number of aryl methyl sites for hydroxylation is 1. The van der Waals surface area contributed by atoms with Crippen LogP contribution in [0.1, 0.15) is 11.4 Å². The summed E-state index contributed by atoms with van der Waals surface area (Å²) in [5, 5.41) is 0. The first kappa shape index (κ1) is 16.4. The number of hydrogen-bond acceptors (Lipinski definition) is 5. The Morgan fingerprint density at radius 3 is 2.74 bits per heavy atom. The number of carbonyl (C=O) groups excluding carboxylic acids is 1. The summed E-state index contributed by atoms with van der Waals surface area (Å²) in [4.78, 5) is 22.8. The Kier molecular flexibility index (Phi) is 4.40. The van der Waals surface area contributed by atoms with E-state index in [9.17, 15) is 4.79 Å². The van der Waals surface area contributed by atoms with Gasteiger partial charge in [-0.1, -0.05) is 6.07 Å². The molecule has 3 rings (SSSR count). The van der Waals surface area contributed by atoms with Gasteiger partial charge in [-0.05, 0) is 26.1 Å². The molecule has 2 fully saturated rings. The standard InChI is InChI=1S/C17H26N4O2/c1-13-6-5-7-14(18-13)8-21-11-17(12-21)10-20(4)15(9-23-17)16(22)19(2)3/h5-7,15H,8-12H2,1-4H3/t15-/m0/s1. The molecule has 1 aromatic rings. The van der Waals surface area contributed by atoms with E-state index in [1.165, 1.54) is 0 Å². The molecule has 0 radical (unpaired) electrons. The number of nitrogens with zero attached hydrogens (tertiary/aromatic N) is 4. The minimum absolute atomic E-state index is 0.113. The normalized spacial score (nSPS) is 24.4. The Morgan fingerprint density at radius 1 is 1.39 bits per heavy atom. The van der Waals surface area contributed by atoms with E-state index in [1.54, 1.807) is 19.0 Å². The molecule has 0 bridgehead atoms. The third kappa shape index (κ3) is 3.39. The number of pyridine rings is 1. The Balaban J connectivity index is 1.54. The van der Waals surface area contributed by atoms with Gasteiger partial charge in [0.2, 0.25) is 5.91 Å². The smallest absolute Gasteiger partial charge is 0.241 e. The second kappa shape index (κ2) is 6.19. The van der Waals surface area contributed by atoms with Crippen LogP contribution in [-0.4, -0.2) is 84.6 Å². The molecule has 2 aliphatic heterocycles. The average Bonchev–Trinajstić information content (AvgIpc) is 2.45. The number of carbonyl (C=O) groups is 1. The molecule has 0 aromatic carbocycles. The SMILES string of the molecule is Cc1cccc(CN2CC3(C2)CN(C)[C@H](C(=O)N(C)C)CO3)n1. The lowest BCUT2D eigenvalue weighted by atomic mass is 9.90. The number of aromatic nitrogens is 1. The second-order valence-corrected chi connectivity index (χ2v) is 7.07. The molecule has 1 atom stereocenters. The van der Waals surface area contributed by atoms with Gasteiger partial charge in [0.1, 0.15) is 11.6 Å². The molecule has 3 heterocycles. The van der Waals surface area contributed by atoms with Crippen LogP contribution in [0.5, 0.6) is 0 Å². The van der Waals surface area contributed by atoms with Crippen molar-refractivity contribution in [3.63, 3.8) is 0 Å². The van der Waals surface area contributed by atoms with Gasteiger partial charge in [-0.15, -0.1) is 0 Å². The van der Waals surface area contributed by atoms with E-state index in [2.05, 4.69) is 26.9 Å². The van der Waals surface area contributed by atoms with Crippen molar-refractivity contribution in [2.45, 2.75) is 25.1 Å². The van der Waals surface area contributed by atoms with Gasteiger partial charge in [0.15, 0.2) is 0 Å². The zero-order valence-electron chi connectivity index (χ0n) is 14.5. The summed E-state index contributed by atoms with van der Waals surface area (Å²) in [6.45, 7) is 5.95. The maximum atomic E-state index is 12.1. The maximum absolute atomic E-state index is 12.1. The van der Waals surface area contributed by atoms with Crippen molar-refractivity contribution in [1.82, 2.24) is 19.7 Å². The van der Waals surface area contributed by atoms with Gasteiger partial charge in [-0.3, -0.25) is 19.6 Å². The van der Waals surface area contributed by atoms with Crippen LogP contribution in [0.15, 0.2) is 18.2 Å². The van der Waals surface area contributed by atoms with Crippen LogP contribution in [-0.2, 0) is 16.1 Å². The highest BCUT2D eigenvalue weighted by molar-refractivity contribution is 5.81. The van der Waals surface area contributed by atoms with Gasteiger partial charge in [-0.2, -0.15) is 0 Å².